The van der Waals surface area contributed by atoms with Gasteiger partial charge in [0, 0.05) is 118 Å². The van der Waals surface area contributed by atoms with Crippen molar-refractivity contribution >= 4 is 125 Å². The highest BCUT2D eigenvalue weighted by molar-refractivity contribution is 6.30. The third-order valence-corrected chi connectivity index (χ3v) is 26.5. The summed E-state index contributed by atoms with van der Waals surface area (Å²) in [5, 5.41) is 24.9. The minimum Gasteiger partial charge on any atom is -0.486 e. The van der Waals surface area contributed by atoms with E-state index >= 15 is 0 Å². The summed E-state index contributed by atoms with van der Waals surface area (Å²) in [6.07, 6.45) is 23.8. The lowest BCUT2D eigenvalue weighted by Gasteiger charge is -2.27. The number of aliphatic hydroxyl groups excluding tert-OH is 1. The van der Waals surface area contributed by atoms with Crippen LogP contribution in [0.25, 0.3) is 100 Å². The number of H-pyrrole nitrogens is 7. The van der Waals surface area contributed by atoms with E-state index in [4.69, 9.17) is 45.9 Å². The van der Waals surface area contributed by atoms with Gasteiger partial charge in [-0.05, 0) is 208 Å². The van der Waals surface area contributed by atoms with Crippen molar-refractivity contribution in [3.63, 3.8) is 0 Å². The molecule has 8 N–H and O–H groups in total. The second-order valence-electron chi connectivity index (χ2n) is 35.9. The first-order chi connectivity index (χ1) is 69.4. The summed E-state index contributed by atoms with van der Waals surface area (Å²) in [6, 6.07) is 37.3. The number of halogens is 2. The zero-order chi connectivity index (χ0) is 97.4. The van der Waals surface area contributed by atoms with Gasteiger partial charge in [-0.1, -0.05) is 41.9 Å². The van der Waals surface area contributed by atoms with Crippen LogP contribution in [0.4, 0.5) is 40.1 Å². The number of piperidine rings is 5. The molecule has 43 heteroatoms. The predicted molar refractivity (Wildman–Crippen MR) is 542 cm³/mol. The molecule has 0 unspecified atom stereocenters. The van der Waals surface area contributed by atoms with Crippen LogP contribution in [0, 0.1) is 26.6 Å². The number of nitrogens with one attached hydrogen (secondary N) is 7. The van der Waals surface area contributed by atoms with Gasteiger partial charge in [0.2, 0.25) is 35.7 Å². The van der Waals surface area contributed by atoms with E-state index in [1.165, 1.54) is 62.2 Å². The van der Waals surface area contributed by atoms with Crippen LogP contribution in [0.5, 0.6) is 11.5 Å². The smallest absolute Gasteiger partial charge is 0.280 e. The van der Waals surface area contributed by atoms with Crippen molar-refractivity contribution < 1.29 is 23.7 Å². The van der Waals surface area contributed by atoms with Crippen LogP contribution in [0.15, 0.2) is 175 Å². The standard InChI is InChI=1S/C19H20N6O.C18H19N5O3.C18H21N5O.C17H18FN5O.C15H14ClN5O2.C12H17N5O2/c1-12-21-16-17(22-19(23-18(16)26)24-9-3-2-4-10-24)25(12)14-5-6-15-13(11-14)7-8-20-15;24-17-13-11-19-23(12-4-5-14-15(10-12)26-9-8-25-14)16(13)20-18(21-17)22-6-2-1-3-7-22;1-13-19-15-16(23(13)12-14-8-4-2-5-9-14)20-18(21-17(15)24)22-10-6-3-7-11-22;1-11-19-14-15(23(11)13-7-5-12(18)6-8-13)20-17(21-16(14)24)22-9-3-2-4-10-22;16-10-1-3-11(4-2-10)21-13-12(9-17-21)14(22)19-15(18-13)20-5-7-23-8-6-20;18-7-6-17-10-9(8-13-17)11(19)15-12(14-10)16-4-2-1-3-5-16/h5-8,11,20H,2-4,9-10H2,1H3,(H,22,23,26);4-5,10-11H,1-3,6-9H2,(H,20,21,24);2,4-5,8-9H,3,6-7,10-12H2,1H3,(H,20,21,24);5-8H,2-4,9-10H2,1H3,(H,20,21,24);1-4,9H,5-8H2,(H,18,19,22);8,18H,1-7H2,(H,14,15,19). The van der Waals surface area contributed by atoms with Crippen molar-refractivity contribution in [1.29, 1.82) is 0 Å². The Balaban J connectivity index is 0.000000105. The molecule has 7 aliphatic heterocycles. The first-order valence-corrected chi connectivity index (χ1v) is 48.8. The topological polar surface area (TPSA) is 465 Å². The molecule has 142 heavy (non-hydrogen) atoms. The van der Waals surface area contributed by atoms with Gasteiger partial charge >= 0.3 is 0 Å². The molecular formula is C99H109ClFN31O10. The summed E-state index contributed by atoms with van der Waals surface area (Å²) < 4.78 is 40.4. The highest BCUT2D eigenvalue weighted by Gasteiger charge is 2.28. The number of aromatic amines is 7. The Morgan fingerprint density at radius 1 is 0.373 bits per heavy atom. The lowest BCUT2D eigenvalue weighted by molar-refractivity contribution is 0.122. The number of ether oxygens (including phenoxy) is 3. The lowest BCUT2D eigenvalue weighted by Crippen LogP contribution is -2.38. The molecule has 0 radical (unpaired) electrons. The minimum absolute atomic E-state index is 0.0235. The van der Waals surface area contributed by atoms with Gasteiger partial charge < -0.3 is 58.3 Å². The fourth-order valence-electron chi connectivity index (χ4n) is 18.9. The van der Waals surface area contributed by atoms with Gasteiger partial charge in [-0.25, -0.2) is 33.4 Å². The highest BCUT2D eigenvalue weighted by Crippen LogP contribution is 2.35. The fraction of sp³-hybridized carbons (Fsp3) is 0.374. The number of nitrogens with zero attached hydrogens (tertiary/aromatic N) is 24. The molecule has 0 bridgehead atoms. The number of benzene rings is 5. The first-order valence-electron chi connectivity index (χ1n) is 48.5. The number of morpholine rings is 1. The number of anilines is 6. The number of fused-ring (bicyclic) bond motifs is 8. The molecule has 6 fully saturated rings. The van der Waals surface area contributed by atoms with Crippen molar-refractivity contribution in [3.8, 4) is 34.2 Å². The molecule has 0 amide bonds. The predicted octanol–water partition coefficient (Wildman–Crippen LogP) is 11.5. The molecule has 6 saturated heterocycles. The third-order valence-electron chi connectivity index (χ3n) is 26.3. The van der Waals surface area contributed by atoms with E-state index < -0.39 is 0 Å². The van der Waals surface area contributed by atoms with E-state index in [9.17, 15) is 33.2 Å². The zero-order valence-electron chi connectivity index (χ0n) is 79.0. The quantitative estimate of drug-likeness (QED) is 0.0501. The Morgan fingerprint density at radius 2 is 0.775 bits per heavy atom. The Morgan fingerprint density at radius 3 is 1.27 bits per heavy atom. The first kappa shape index (κ1) is 93.9. The van der Waals surface area contributed by atoms with E-state index in [-0.39, 0.29) is 45.8 Å². The van der Waals surface area contributed by atoms with E-state index in [0.717, 1.165) is 181 Å². The Kier molecular flexibility index (Phi) is 27.9. The molecule has 18 aromatic rings. The molecule has 5 aromatic carbocycles. The molecule has 0 saturated carbocycles. The van der Waals surface area contributed by atoms with Crippen LogP contribution < -0.4 is 72.2 Å². The molecule has 0 spiro atoms. The molecule has 7 aliphatic rings. The Hall–Kier alpha value is -15.7. The number of aryl methyl sites for hydroxylation is 3. The average Bonchev–Trinajstić information content (AvgIpc) is 1.62. The Labute approximate surface area is 814 Å². The average molecular weight is 1950 g/mol. The van der Waals surface area contributed by atoms with Gasteiger partial charge in [-0.2, -0.15) is 45.2 Å². The van der Waals surface area contributed by atoms with Crippen molar-refractivity contribution in [2.75, 3.05) is 141 Å². The summed E-state index contributed by atoms with van der Waals surface area (Å²) in [7, 11) is 0. The second kappa shape index (κ2) is 42.1. The number of hydrogen-bond donors (Lipinski definition) is 8. The molecule has 41 nitrogen and oxygen atoms in total. The van der Waals surface area contributed by atoms with Gasteiger partial charge in [0.1, 0.15) is 52.7 Å². The zero-order valence-corrected chi connectivity index (χ0v) is 79.8. The number of rotatable bonds is 14. The molecule has 13 aromatic heterocycles. The molecular weight excluding hydrogens is 1840 g/mol. The lowest BCUT2D eigenvalue weighted by atomic mass is 10.1. The normalized spacial score (nSPS) is 15.6. The van der Waals surface area contributed by atoms with E-state index in [1.807, 2.05) is 108 Å². The van der Waals surface area contributed by atoms with E-state index in [1.54, 1.807) is 49.1 Å². The van der Waals surface area contributed by atoms with Gasteiger partial charge in [-0.3, -0.25) is 67.8 Å². The summed E-state index contributed by atoms with van der Waals surface area (Å²) in [6.45, 7) is 19.5. The Bertz CT molecular complexity index is 7940. The molecule has 20 heterocycles. The highest BCUT2D eigenvalue weighted by atomic mass is 35.5. The van der Waals surface area contributed by atoms with Crippen molar-refractivity contribution in [2.24, 2.45) is 0 Å². The number of aliphatic hydroxyl groups is 1. The van der Waals surface area contributed by atoms with Gasteiger partial charge in [-0.15, -0.1) is 0 Å². The van der Waals surface area contributed by atoms with Crippen LogP contribution >= 0.6 is 11.6 Å². The van der Waals surface area contributed by atoms with E-state index in [2.05, 4.69) is 123 Å². The van der Waals surface area contributed by atoms with Crippen molar-refractivity contribution in [2.45, 2.75) is 130 Å². The molecule has 25 rings (SSSR count). The largest absolute Gasteiger partial charge is 0.486 e. The summed E-state index contributed by atoms with van der Waals surface area (Å²) in [5.41, 5.74) is 8.91. The SMILES string of the molecule is Cc1nc2c(=O)[nH]c(N3CCCCC3)nc2n1-c1ccc(F)cc1.Cc1nc2c(=O)[nH]c(N3CCCCC3)nc2n1-c1ccc2[nH]ccc2c1.Cc1nc2c(=O)[nH]c(N3CCCCC3)nc2n1Cc1ccccc1.O=c1[nH]c(N2CCCCC2)nc2c1cnn2-c1ccc2c(c1)OCCO2.O=c1[nH]c(N2CCCCC2)nc2c1cnn2CCO.O=c1[nH]c(N2CCOCC2)nc2c1cnn2-c1ccc(Cl)cc1. The maximum atomic E-state index is 13.2. The third kappa shape index (κ3) is 20.3. The molecule has 734 valence electrons. The van der Waals surface area contributed by atoms with Crippen LogP contribution in [0.3, 0.4) is 0 Å². The van der Waals surface area contributed by atoms with Crippen LogP contribution in [-0.4, -0.2) is 239 Å². The summed E-state index contributed by atoms with van der Waals surface area (Å²) in [5.74, 6) is 6.95. The van der Waals surface area contributed by atoms with Crippen molar-refractivity contribution in [1.82, 2.24) is 123 Å². The van der Waals surface area contributed by atoms with Crippen LogP contribution in [0.1, 0.15) is 119 Å². The van der Waals surface area contributed by atoms with Crippen LogP contribution in [-0.2, 0) is 17.8 Å². The monoisotopic (exact) mass is 1950 g/mol. The number of hydrogen-bond acceptors (Lipinski definition) is 28. The van der Waals surface area contributed by atoms with Gasteiger partial charge in [0.05, 0.1) is 62.9 Å². The van der Waals surface area contributed by atoms with E-state index in [0.29, 0.717) is 171 Å². The summed E-state index contributed by atoms with van der Waals surface area (Å²) >= 11 is 5.92. The maximum absolute atomic E-state index is 13.2. The number of aromatic nitrogens is 25. The second-order valence-corrected chi connectivity index (χ2v) is 36.3. The number of imidazole rings is 3. The minimum atomic E-state index is -0.305. The van der Waals surface area contributed by atoms with Gasteiger partial charge in [0.25, 0.3) is 33.4 Å². The van der Waals surface area contributed by atoms with Gasteiger partial charge in [0.15, 0.2) is 61.9 Å². The molecule has 0 atom stereocenters. The molecule has 0 aliphatic carbocycles. The maximum Gasteiger partial charge on any atom is 0.280 e. The summed E-state index contributed by atoms with van der Waals surface area (Å²) in [4.78, 5) is 149. The van der Waals surface area contributed by atoms with Crippen molar-refractivity contribution in [3.05, 3.63) is 242 Å². The van der Waals surface area contributed by atoms with Crippen LogP contribution in [0.2, 0.25) is 5.02 Å². The fourth-order valence-corrected chi connectivity index (χ4v) is 19.1.